The van der Waals surface area contributed by atoms with Crippen LogP contribution in [0.2, 0.25) is 0 Å². The zero-order chi connectivity index (χ0) is 19.5. The molecule has 0 atom stereocenters. The Hall–Kier alpha value is -2.19. The lowest BCUT2D eigenvalue weighted by atomic mass is 10.2. The second-order valence-corrected chi connectivity index (χ2v) is 8.86. The highest BCUT2D eigenvalue weighted by atomic mass is 32.2. The van der Waals surface area contributed by atoms with Gasteiger partial charge in [-0.2, -0.15) is 0 Å². The molecule has 146 valence electrons. The lowest BCUT2D eigenvalue weighted by Gasteiger charge is -2.17. The number of nitrogens with zero attached hydrogens (tertiary/aromatic N) is 4. The largest absolute Gasteiger partial charge is 0.341 e. The van der Waals surface area contributed by atoms with E-state index >= 15 is 0 Å². The number of hydrogen-bond acceptors (Lipinski definition) is 5. The molecule has 8 heteroatoms. The molecule has 0 unspecified atom stereocenters. The average Bonchev–Trinajstić information content (AvgIpc) is 3.24. The van der Waals surface area contributed by atoms with Crippen LogP contribution in [-0.2, 0) is 17.8 Å². The highest BCUT2D eigenvalue weighted by Gasteiger charge is 2.30. The van der Waals surface area contributed by atoms with Crippen molar-refractivity contribution in [3.63, 3.8) is 0 Å². The van der Waals surface area contributed by atoms with Gasteiger partial charge in [0.1, 0.15) is 11.6 Å². The number of carbonyl (C=O) groups excluding carboxylic acids is 1. The van der Waals surface area contributed by atoms with Gasteiger partial charge in [-0.05, 0) is 30.4 Å². The highest BCUT2D eigenvalue weighted by molar-refractivity contribution is 7.99. The molecule has 3 aromatic rings. The molecular formula is C20H21FN4OS2. The van der Waals surface area contributed by atoms with Crippen molar-refractivity contribution in [1.29, 1.82) is 0 Å². The van der Waals surface area contributed by atoms with Crippen molar-refractivity contribution < 1.29 is 9.18 Å². The third-order valence-corrected chi connectivity index (χ3v) is 6.48. The number of halogens is 1. The predicted octanol–water partition coefficient (Wildman–Crippen LogP) is 4.16. The molecule has 2 aromatic heterocycles. The topological polar surface area (TPSA) is 51.0 Å². The molecule has 0 N–H and O–H groups in total. The minimum absolute atomic E-state index is 0.0570. The van der Waals surface area contributed by atoms with Crippen molar-refractivity contribution in [3.05, 3.63) is 63.9 Å². The number of thiophene rings is 1. The molecule has 4 rings (SSSR count). The van der Waals surface area contributed by atoms with E-state index in [9.17, 15) is 9.18 Å². The number of aromatic nitrogens is 3. The van der Waals surface area contributed by atoms with Crippen molar-refractivity contribution >= 4 is 29.0 Å². The Morgan fingerprint density at radius 3 is 2.82 bits per heavy atom. The van der Waals surface area contributed by atoms with E-state index in [1.807, 2.05) is 6.07 Å². The standard InChI is InChI=1S/C20H21FN4OS2/c1-24(12-14-5-2-3-7-17(14)21)19(26)13-28-20-23-22-18(25(20)15-8-9-15)11-16-6-4-10-27-16/h2-7,10,15H,8-9,11-13H2,1H3. The van der Waals surface area contributed by atoms with Gasteiger partial charge in [0.15, 0.2) is 5.16 Å². The molecule has 0 spiro atoms. The minimum Gasteiger partial charge on any atom is -0.341 e. The SMILES string of the molecule is CN(Cc1ccccc1F)C(=O)CSc1nnc(Cc2cccs2)n1C1CC1. The van der Waals surface area contributed by atoms with Gasteiger partial charge in [0, 0.05) is 36.5 Å². The van der Waals surface area contributed by atoms with Gasteiger partial charge in [-0.25, -0.2) is 4.39 Å². The lowest BCUT2D eigenvalue weighted by molar-refractivity contribution is -0.127. The van der Waals surface area contributed by atoms with Crippen LogP contribution < -0.4 is 0 Å². The molecule has 0 bridgehead atoms. The summed E-state index contributed by atoms with van der Waals surface area (Å²) in [6.07, 6.45) is 3.03. The first-order chi connectivity index (χ1) is 13.6. The van der Waals surface area contributed by atoms with Crippen molar-refractivity contribution in [2.24, 2.45) is 0 Å². The van der Waals surface area contributed by atoms with E-state index < -0.39 is 0 Å². The van der Waals surface area contributed by atoms with Gasteiger partial charge in [-0.3, -0.25) is 4.79 Å². The van der Waals surface area contributed by atoms with Gasteiger partial charge in [-0.15, -0.1) is 21.5 Å². The van der Waals surface area contributed by atoms with E-state index in [0.29, 0.717) is 11.6 Å². The van der Waals surface area contributed by atoms with E-state index in [1.54, 1.807) is 41.5 Å². The van der Waals surface area contributed by atoms with Crippen LogP contribution in [-0.4, -0.2) is 38.4 Å². The van der Waals surface area contributed by atoms with Crippen LogP contribution in [0, 0.1) is 5.82 Å². The van der Waals surface area contributed by atoms with Gasteiger partial charge >= 0.3 is 0 Å². The second-order valence-electron chi connectivity index (χ2n) is 6.89. The smallest absolute Gasteiger partial charge is 0.233 e. The molecule has 1 saturated carbocycles. The van der Waals surface area contributed by atoms with E-state index in [2.05, 4.69) is 26.2 Å². The number of carbonyl (C=O) groups is 1. The summed E-state index contributed by atoms with van der Waals surface area (Å²) in [5.74, 6) is 0.869. The van der Waals surface area contributed by atoms with Crippen LogP contribution >= 0.6 is 23.1 Å². The van der Waals surface area contributed by atoms with Crippen molar-refractivity contribution in [1.82, 2.24) is 19.7 Å². The van der Waals surface area contributed by atoms with E-state index in [1.165, 1.54) is 22.7 Å². The maximum atomic E-state index is 13.8. The Morgan fingerprint density at radius 1 is 1.29 bits per heavy atom. The number of amides is 1. The normalized spacial score (nSPS) is 13.6. The molecular weight excluding hydrogens is 395 g/mol. The van der Waals surface area contributed by atoms with Gasteiger partial charge in [0.05, 0.1) is 5.75 Å². The molecule has 2 heterocycles. The van der Waals surface area contributed by atoms with Crippen LogP contribution in [0.15, 0.2) is 46.9 Å². The van der Waals surface area contributed by atoms with Crippen LogP contribution in [0.5, 0.6) is 0 Å². The summed E-state index contributed by atoms with van der Waals surface area (Å²) in [5.41, 5.74) is 0.516. The van der Waals surface area contributed by atoms with E-state index in [-0.39, 0.29) is 24.0 Å². The number of rotatable bonds is 8. The van der Waals surface area contributed by atoms with Crippen LogP contribution in [0.1, 0.15) is 35.1 Å². The molecule has 1 amide bonds. The number of benzene rings is 1. The summed E-state index contributed by atoms with van der Waals surface area (Å²) in [6.45, 7) is 0.255. The quantitative estimate of drug-likeness (QED) is 0.518. The molecule has 0 aliphatic heterocycles. The van der Waals surface area contributed by atoms with Gasteiger partial charge in [0.2, 0.25) is 5.91 Å². The fourth-order valence-electron chi connectivity index (χ4n) is 3.00. The fraction of sp³-hybridized carbons (Fsp3) is 0.350. The van der Waals surface area contributed by atoms with E-state index in [0.717, 1.165) is 30.2 Å². The molecule has 0 radical (unpaired) electrons. The van der Waals surface area contributed by atoms with Crippen molar-refractivity contribution in [2.45, 2.75) is 37.0 Å². The van der Waals surface area contributed by atoms with Gasteiger partial charge < -0.3 is 9.47 Å². The fourth-order valence-corrected chi connectivity index (χ4v) is 4.67. The van der Waals surface area contributed by atoms with Crippen LogP contribution in [0.3, 0.4) is 0 Å². The number of thioether (sulfide) groups is 1. The first-order valence-electron chi connectivity index (χ1n) is 9.18. The molecule has 1 aliphatic carbocycles. The Bertz CT molecular complexity index is 953. The van der Waals surface area contributed by atoms with Crippen LogP contribution in [0.4, 0.5) is 4.39 Å². The summed E-state index contributed by atoms with van der Waals surface area (Å²) in [6, 6.07) is 11.1. The zero-order valence-corrected chi connectivity index (χ0v) is 17.2. The lowest BCUT2D eigenvalue weighted by Crippen LogP contribution is -2.28. The Balaban J connectivity index is 1.39. The van der Waals surface area contributed by atoms with E-state index in [4.69, 9.17) is 0 Å². The highest BCUT2D eigenvalue weighted by Crippen LogP contribution is 2.39. The maximum absolute atomic E-state index is 13.8. The molecule has 1 aliphatic rings. The second kappa shape index (κ2) is 8.45. The summed E-state index contributed by atoms with van der Waals surface area (Å²) in [7, 11) is 1.70. The first-order valence-corrected chi connectivity index (χ1v) is 11.0. The third-order valence-electron chi connectivity index (χ3n) is 4.68. The summed E-state index contributed by atoms with van der Waals surface area (Å²) >= 11 is 3.12. The third kappa shape index (κ3) is 4.44. The molecule has 0 saturated heterocycles. The van der Waals surface area contributed by atoms with Gasteiger partial charge in [-0.1, -0.05) is 36.0 Å². The molecule has 1 aromatic carbocycles. The predicted molar refractivity (Wildman–Crippen MR) is 109 cm³/mol. The Labute approximate surface area is 171 Å². The molecule has 1 fully saturated rings. The summed E-state index contributed by atoms with van der Waals surface area (Å²) < 4.78 is 16.0. The van der Waals surface area contributed by atoms with Crippen LogP contribution in [0.25, 0.3) is 0 Å². The van der Waals surface area contributed by atoms with Crippen molar-refractivity contribution in [3.8, 4) is 0 Å². The van der Waals surface area contributed by atoms with Gasteiger partial charge in [0.25, 0.3) is 0 Å². The minimum atomic E-state index is -0.290. The maximum Gasteiger partial charge on any atom is 0.233 e. The summed E-state index contributed by atoms with van der Waals surface area (Å²) in [4.78, 5) is 15.3. The Kier molecular flexibility index (Phi) is 5.77. The Morgan fingerprint density at radius 2 is 2.11 bits per heavy atom. The van der Waals surface area contributed by atoms with Crippen molar-refractivity contribution in [2.75, 3.05) is 12.8 Å². The summed E-state index contributed by atoms with van der Waals surface area (Å²) in [5, 5.41) is 11.6. The monoisotopic (exact) mass is 416 g/mol. The molecule has 5 nitrogen and oxygen atoms in total. The zero-order valence-electron chi connectivity index (χ0n) is 15.5. The first kappa shape index (κ1) is 19.1. The average molecular weight is 417 g/mol. The molecule has 28 heavy (non-hydrogen) atoms. The number of hydrogen-bond donors (Lipinski definition) is 0.